The van der Waals surface area contributed by atoms with Crippen molar-refractivity contribution in [3.05, 3.63) is 30.9 Å². The average Bonchev–Trinajstić information content (AvgIpc) is 2.57. The fourth-order valence-electron chi connectivity index (χ4n) is 1.04. The van der Waals surface area contributed by atoms with E-state index in [1.807, 2.05) is 18.7 Å². The lowest BCUT2D eigenvalue weighted by Crippen LogP contribution is -1.91. The molecule has 0 amide bonds. The van der Waals surface area contributed by atoms with E-state index in [0.29, 0.717) is 0 Å². The van der Waals surface area contributed by atoms with Gasteiger partial charge in [0.15, 0.2) is 0 Å². The fraction of sp³-hybridized carbons (Fsp3) is 0.500. The van der Waals surface area contributed by atoms with Crippen LogP contribution in [0.1, 0.15) is 26.2 Å². The van der Waals surface area contributed by atoms with Crippen molar-refractivity contribution in [2.75, 3.05) is 0 Å². The molecule has 2 nitrogen and oxygen atoms in total. The van der Waals surface area contributed by atoms with Crippen LogP contribution in [0.2, 0.25) is 0 Å². The Balaban J connectivity index is 2.11. The maximum Gasteiger partial charge on any atom is 0.0946 e. The Hall–Kier alpha value is -1.05. The zero-order valence-electron chi connectivity index (χ0n) is 7.61. The van der Waals surface area contributed by atoms with Crippen molar-refractivity contribution in [1.82, 2.24) is 9.55 Å². The molecule has 1 rings (SSSR count). The molecule has 0 bridgehead atoms. The van der Waals surface area contributed by atoms with Gasteiger partial charge in [-0.1, -0.05) is 25.5 Å². The number of rotatable bonds is 5. The maximum atomic E-state index is 3.98. The molecule has 12 heavy (non-hydrogen) atoms. The largest absolute Gasteiger partial charge is 0.337 e. The molecule has 0 saturated carbocycles. The quantitative estimate of drug-likeness (QED) is 0.612. The van der Waals surface area contributed by atoms with E-state index in [4.69, 9.17) is 0 Å². The second-order valence-electron chi connectivity index (χ2n) is 2.85. The Morgan fingerprint density at radius 3 is 2.83 bits per heavy atom. The average molecular weight is 164 g/mol. The van der Waals surface area contributed by atoms with Gasteiger partial charge in [0.25, 0.3) is 0 Å². The van der Waals surface area contributed by atoms with Crippen molar-refractivity contribution < 1.29 is 0 Å². The van der Waals surface area contributed by atoms with Crippen LogP contribution in [-0.4, -0.2) is 9.55 Å². The number of hydrogen-bond acceptors (Lipinski definition) is 1. The van der Waals surface area contributed by atoms with Crippen LogP contribution in [0.3, 0.4) is 0 Å². The molecule has 66 valence electrons. The molecule has 0 aliphatic carbocycles. The highest BCUT2D eigenvalue weighted by molar-refractivity contribution is 4.82. The molecule has 0 atom stereocenters. The van der Waals surface area contributed by atoms with Crippen LogP contribution >= 0.6 is 0 Å². The Labute approximate surface area is 73.9 Å². The highest BCUT2D eigenvalue weighted by Crippen LogP contribution is 1.94. The van der Waals surface area contributed by atoms with Crippen LogP contribution in [0.5, 0.6) is 0 Å². The molecule has 0 aliphatic rings. The van der Waals surface area contributed by atoms with E-state index in [1.54, 1.807) is 0 Å². The molecule has 1 aromatic rings. The highest BCUT2D eigenvalue weighted by Gasteiger charge is 1.85. The summed E-state index contributed by atoms with van der Waals surface area (Å²) in [5.74, 6) is 0. The van der Waals surface area contributed by atoms with Gasteiger partial charge in [-0.3, -0.25) is 0 Å². The summed E-state index contributed by atoms with van der Waals surface area (Å²) in [5, 5.41) is 0. The van der Waals surface area contributed by atoms with Gasteiger partial charge < -0.3 is 4.57 Å². The number of nitrogens with zero attached hydrogens (tertiary/aromatic N) is 2. The predicted octanol–water partition coefficient (Wildman–Crippen LogP) is 2.63. The monoisotopic (exact) mass is 164 g/mol. The first kappa shape index (κ1) is 9.04. The summed E-state index contributed by atoms with van der Waals surface area (Å²) in [5.41, 5.74) is 0. The third kappa shape index (κ3) is 3.37. The summed E-state index contributed by atoms with van der Waals surface area (Å²) in [6.07, 6.45) is 13.7. The van der Waals surface area contributed by atoms with Crippen LogP contribution in [0.4, 0.5) is 0 Å². The van der Waals surface area contributed by atoms with E-state index in [-0.39, 0.29) is 0 Å². The number of hydrogen-bond donors (Lipinski definition) is 0. The first-order valence-electron chi connectivity index (χ1n) is 4.54. The van der Waals surface area contributed by atoms with E-state index in [1.165, 1.54) is 12.8 Å². The molecule has 0 aliphatic heterocycles. The van der Waals surface area contributed by atoms with Crippen LogP contribution in [0.25, 0.3) is 0 Å². The predicted molar refractivity (Wildman–Crippen MR) is 50.9 cm³/mol. The molecule has 0 N–H and O–H groups in total. The SMILES string of the molecule is CCC/C=C\CCn1ccnc1. The molecule has 0 fully saturated rings. The summed E-state index contributed by atoms with van der Waals surface area (Å²) in [6, 6.07) is 0. The Kier molecular flexibility index (Phi) is 4.21. The van der Waals surface area contributed by atoms with Crippen molar-refractivity contribution in [3.8, 4) is 0 Å². The van der Waals surface area contributed by atoms with Gasteiger partial charge >= 0.3 is 0 Å². The maximum absolute atomic E-state index is 3.98. The second-order valence-corrected chi connectivity index (χ2v) is 2.85. The van der Waals surface area contributed by atoms with Crippen molar-refractivity contribution in [1.29, 1.82) is 0 Å². The minimum Gasteiger partial charge on any atom is -0.337 e. The van der Waals surface area contributed by atoms with Crippen molar-refractivity contribution in [3.63, 3.8) is 0 Å². The van der Waals surface area contributed by atoms with Crippen molar-refractivity contribution in [2.24, 2.45) is 0 Å². The van der Waals surface area contributed by atoms with Gasteiger partial charge in [0.1, 0.15) is 0 Å². The van der Waals surface area contributed by atoms with Gasteiger partial charge in [0.2, 0.25) is 0 Å². The van der Waals surface area contributed by atoms with Crippen LogP contribution < -0.4 is 0 Å². The van der Waals surface area contributed by atoms with E-state index < -0.39 is 0 Å². The smallest absolute Gasteiger partial charge is 0.0946 e. The van der Waals surface area contributed by atoms with Gasteiger partial charge in [-0.15, -0.1) is 0 Å². The lowest BCUT2D eigenvalue weighted by atomic mass is 10.3. The van der Waals surface area contributed by atoms with Crippen LogP contribution in [-0.2, 0) is 6.54 Å². The number of aromatic nitrogens is 2. The lowest BCUT2D eigenvalue weighted by Gasteiger charge is -1.95. The molecular weight excluding hydrogens is 148 g/mol. The van der Waals surface area contributed by atoms with Crippen molar-refractivity contribution in [2.45, 2.75) is 32.7 Å². The third-order valence-corrected chi connectivity index (χ3v) is 1.74. The Morgan fingerprint density at radius 2 is 2.17 bits per heavy atom. The van der Waals surface area contributed by atoms with Gasteiger partial charge in [0, 0.05) is 18.9 Å². The Morgan fingerprint density at radius 1 is 1.33 bits per heavy atom. The normalized spacial score (nSPS) is 11.1. The number of imidazole rings is 1. The van der Waals surface area contributed by atoms with Crippen molar-refractivity contribution >= 4 is 0 Å². The standard InChI is InChI=1S/C10H16N2/c1-2-3-4-5-6-8-12-9-7-11-10-12/h4-5,7,9-10H,2-3,6,8H2,1H3/b5-4-. The summed E-state index contributed by atoms with van der Waals surface area (Å²) in [4.78, 5) is 3.98. The van der Waals surface area contributed by atoms with E-state index in [2.05, 4.69) is 28.6 Å². The van der Waals surface area contributed by atoms with E-state index in [9.17, 15) is 0 Å². The molecule has 1 aromatic heterocycles. The molecule has 0 spiro atoms. The summed E-state index contributed by atoms with van der Waals surface area (Å²) in [6.45, 7) is 3.24. The molecule has 1 heterocycles. The second kappa shape index (κ2) is 5.58. The summed E-state index contributed by atoms with van der Waals surface area (Å²) < 4.78 is 2.09. The van der Waals surface area contributed by atoms with Gasteiger partial charge in [0.05, 0.1) is 6.33 Å². The zero-order valence-corrected chi connectivity index (χ0v) is 7.61. The van der Waals surface area contributed by atoms with E-state index >= 15 is 0 Å². The topological polar surface area (TPSA) is 17.8 Å². The summed E-state index contributed by atoms with van der Waals surface area (Å²) >= 11 is 0. The fourth-order valence-corrected chi connectivity index (χ4v) is 1.04. The number of allylic oxidation sites excluding steroid dienone is 2. The molecule has 2 heteroatoms. The third-order valence-electron chi connectivity index (χ3n) is 1.74. The molecule has 0 saturated heterocycles. The first-order valence-corrected chi connectivity index (χ1v) is 4.54. The number of aryl methyl sites for hydroxylation is 1. The Bertz CT molecular complexity index is 212. The van der Waals surface area contributed by atoms with Crippen LogP contribution in [0, 0.1) is 0 Å². The zero-order chi connectivity index (χ0) is 8.65. The minimum atomic E-state index is 1.04. The first-order chi connectivity index (χ1) is 5.93. The van der Waals surface area contributed by atoms with Gasteiger partial charge in [-0.2, -0.15) is 0 Å². The molecular formula is C10H16N2. The highest BCUT2D eigenvalue weighted by atomic mass is 15.0. The number of unbranched alkanes of at least 4 members (excludes halogenated alkanes) is 1. The van der Waals surface area contributed by atoms with Crippen LogP contribution in [0.15, 0.2) is 30.9 Å². The van der Waals surface area contributed by atoms with Gasteiger partial charge in [-0.05, 0) is 12.8 Å². The summed E-state index contributed by atoms with van der Waals surface area (Å²) in [7, 11) is 0. The molecule has 0 aromatic carbocycles. The lowest BCUT2D eigenvalue weighted by molar-refractivity contribution is 0.707. The molecule has 0 radical (unpaired) electrons. The molecule has 0 unspecified atom stereocenters. The van der Waals surface area contributed by atoms with E-state index in [0.717, 1.165) is 13.0 Å². The van der Waals surface area contributed by atoms with Gasteiger partial charge in [-0.25, -0.2) is 4.98 Å². The minimum absolute atomic E-state index is 1.04.